The highest BCUT2D eigenvalue weighted by atomic mass is 35.5. The largest absolute Gasteiger partial charge is 0.380 e. The normalized spacial score (nSPS) is 14.2. The Morgan fingerprint density at radius 2 is 1.89 bits per heavy atom. The number of rotatable bonds is 3. The van der Waals surface area contributed by atoms with E-state index in [1.165, 1.54) is 6.07 Å². The number of aliphatic hydroxyl groups is 1. The first-order valence-corrected chi connectivity index (χ1v) is 6.61. The minimum Gasteiger partial charge on any atom is -0.380 e. The Balaban J connectivity index is 2.60. The first kappa shape index (κ1) is 14.0. The van der Waals surface area contributed by atoms with Crippen molar-refractivity contribution in [2.24, 2.45) is 0 Å². The molecule has 2 aromatic rings. The van der Waals surface area contributed by atoms with Gasteiger partial charge < -0.3 is 5.11 Å². The summed E-state index contributed by atoms with van der Waals surface area (Å²) in [4.78, 5) is 0. The molecule has 0 heterocycles. The predicted octanol–water partition coefficient (Wildman–Crippen LogP) is 4.43. The van der Waals surface area contributed by atoms with Gasteiger partial charge in [-0.25, -0.2) is 4.39 Å². The fourth-order valence-corrected chi connectivity index (χ4v) is 2.38. The molecule has 1 atom stereocenters. The van der Waals surface area contributed by atoms with Crippen molar-refractivity contribution in [1.29, 1.82) is 0 Å². The minimum absolute atomic E-state index is 0.275. The SMILES string of the molecule is CCC(O)(c1ccc(C)c(Cl)c1)c1ccccc1F. The highest BCUT2D eigenvalue weighted by molar-refractivity contribution is 6.31. The van der Waals surface area contributed by atoms with Crippen molar-refractivity contribution in [3.8, 4) is 0 Å². The molecule has 0 saturated carbocycles. The Kier molecular flexibility index (Phi) is 3.93. The molecule has 1 unspecified atom stereocenters. The minimum atomic E-state index is -1.36. The van der Waals surface area contributed by atoms with E-state index in [9.17, 15) is 9.50 Å². The maximum atomic E-state index is 13.9. The molecule has 0 radical (unpaired) electrons. The van der Waals surface area contributed by atoms with Gasteiger partial charge in [0, 0.05) is 10.6 Å². The third-order valence-electron chi connectivity index (χ3n) is 3.48. The van der Waals surface area contributed by atoms with Crippen LogP contribution in [0.1, 0.15) is 30.0 Å². The summed E-state index contributed by atoms with van der Waals surface area (Å²) in [5.41, 5.74) is 0.452. The first-order chi connectivity index (χ1) is 8.99. The van der Waals surface area contributed by atoms with Crippen molar-refractivity contribution in [2.45, 2.75) is 25.9 Å². The zero-order chi connectivity index (χ0) is 14.0. The summed E-state index contributed by atoms with van der Waals surface area (Å²) in [7, 11) is 0. The molecule has 0 aliphatic heterocycles. The summed E-state index contributed by atoms with van der Waals surface area (Å²) < 4.78 is 13.9. The molecule has 0 bridgehead atoms. The van der Waals surface area contributed by atoms with Gasteiger partial charge in [0.2, 0.25) is 0 Å². The second-order valence-electron chi connectivity index (χ2n) is 4.66. The van der Waals surface area contributed by atoms with E-state index in [0.717, 1.165) is 5.56 Å². The van der Waals surface area contributed by atoms with Gasteiger partial charge in [0.05, 0.1) is 0 Å². The molecule has 19 heavy (non-hydrogen) atoms. The lowest BCUT2D eigenvalue weighted by Gasteiger charge is -2.28. The second-order valence-corrected chi connectivity index (χ2v) is 5.06. The zero-order valence-corrected chi connectivity index (χ0v) is 11.7. The van der Waals surface area contributed by atoms with Crippen molar-refractivity contribution < 1.29 is 9.50 Å². The van der Waals surface area contributed by atoms with Gasteiger partial charge in [-0.2, -0.15) is 0 Å². The second kappa shape index (κ2) is 5.32. The first-order valence-electron chi connectivity index (χ1n) is 6.23. The number of aryl methyl sites for hydroxylation is 1. The van der Waals surface area contributed by atoms with Gasteiger partial charge in [0.15, 0.2) is 0 Å². The van der Waals surface area contributed by atoms with E-state index in [1.807, 2.05) is 19.9 Å². The lowest BCUT2D eigenvalue weighted by Crippen LogP contribution is -2.27. The van der Waals surface area contributed by atoms with E-state index in [2.05, 4.69) is 0 Å². The molecule has 2 rings (SSSR count). The van der Waals surface area contributed by atoms with Crippen LogP contribution in [0, 0.1) is 12.7 Å². The van der Waals surface area contributed by atoms with Gasteiger partial charge >= 0.3 is 0 Å². The van der Waals surface area contributed by atoms with Crippen LogP contribution in [0.5, 0.6) is 0 Å². The average Bonchev–Trinajstić information content (AvgIpc) is 2.41. The topological polar surface area (TPSA) is 20.2 Å². The monoisotopic (exact) mass is 278 g/mol. The number of benzene rings is 2. The van der Waals surface area contributed by atoms with Gasteiger partial charge in [0.25, 0.3) is 0 Å². The Labute approximate surface area is 117 Å². The molecule has 1 nitrogen and oxygen atoms in total. The van der Waals surface area contributed by atoms with E-state index < -0.39 is 11.4 Å². The zero-order valence-electron chi connectivity index (χ0n) is 11.0. The quantitative estimate of drug-likeness (QED) is 0.880. The van der Waals surface area contributed by atoms with Crippen molar-refractivity contribution in [3.05, 3.63) is 70.0 Å². The van der Waals surface area contributed by atoms with E-state index in [-0.39, 0.29) is 5.56 Å². The van der Waals surface area contributed by atoms with E-state index in [4.69, 9.17) is 11.6 Å². The van der Waals surface area contributed by atoms with Gasteiger partial charge in [-0.3, -0.25) is 0 Å². The van der Waals surface area contributed by atoms with Gasteiger partial charge in [-0.05, 0) is 36.6 Å². The molecule has 1 N–H and O–H groups in total. The molecule has 0 aromatic heterocycles. The molecular weight excluding hydrogens is 263 g/mol. The van der Waals surface area contributed by atoms with Crippen LogP contribution in [0.3, 0.4) is 0 Å². The third kappa shape index (κ3) is 2.51. The van der Waals surface area contributed by atoms with E-state index in [0.29, 0.717) is 17.0 Å². The summed E-state index contributed by atoms with van der Waals surface area (Å²) >= 11 is 6.10. The predicted molar refractivity (Wildman–Crippen MR) is 75.9 cm³/mol. The van der Waals surface area contributed by atoms with Gasteiger partial charge in [-0.1, -0.05) is 48.9 Å². The van der Waals surface area contributed by atoms with E-state index in [1.54, 1.807) is 30.3 Å². The lowest BCUT2D eigenvalue weighted by atomic mass is 9.83. The van der Waals surface area contributed by atoms with Crippen LogP contribution in [0.4, 0.5) is 4.39 Å². The molecule has 100 valence electrons. The summed E-state index contributed by atoms with van der Waals surface area (Å²) in [6.45, 7) is 3.71. The van der Waals surface area contributed by atoms with Crippen LogP contribution in [-0.4, -0.2) is 5.11 Å². The fraction of sp³-hybridized carbons (Fsp3) is 0.250. The van der Waals surface area contributed by atoms with Crippen molar-refractivity contribution in [1.82, 2.24) is 0 Å². The molecule has 0 fully saturated rings. The molecule has 3 heteroatoms. The van der Waals surface area contributed by atoms with Gasteiger partial charge in [0.1, 0.15) is 11.4 Å². The molecule has 2 aromatic carbocycles. The maximum absolute atomic E-state index is 13.9. The van der Waals surface area contributed by atoms with Crippen LogP contribution < -0.4 is 0 Å². The summed E-state index contributed by atoms with van der Waals surface area (Å²) in [5, 5.41) is 11.4. The Bertz CT molecular complexity index is 597. The fourth-order valence-electron chi connectivity index (χ4n) is 2.20. The maximum Gasteiger partial charge on any atom is 0.129 e. The van der Waals surface area contributed by atoms with E-state index >= 15 is 0 Å². The van der Waals surface area contributed by atoms with Crippen LogP contribution in [0.2, 0.25) is 5.02 Å². The Morgan fingerprint density at radius 1 is 1.21 bits per heavy atom. The molecular formula is C16H16ClFO. The average molecular weight is 279 g/mol. The van der Waals surface area contributed by atoms with Crippen molar-refractivity contribution >= 4 is 11.6 Å². The highest BCUT2D eigenvalue weighted by Crippen LogP contribution is 2.35. The number of hydrogen-bond acceptors (Lipinski definition) is 1. The highest BCUT2D eigenvalue weighted by Gasteiger charge is 2.32. The molecule has 0 spiro atoms. The number of halogens is 2. The van der Waals surface area contributed by atoms with Crippen molar-refractivity contribution in [2.75, 3.05) is 0 Å². The van der Waals surface area contributed by atoms with Crippen LogP contribution in [0.25, 0.3) is 0 Å². The Hall–Kier alpha value is -1.38. The smallest absolute Gasteiger partial charge is 0.129 e. The summed E-state index contributed by atoms with van der Waals surface area (Å²) in [5.74, 6) is -0.413. The Morgan fingerprint density at radius 3 is 2.47 bits per heavy atom. The lowest BCUT2D eigenvalue weighted by molar-refractivity contribution is 0.0726. The van der Waals surface area contributed by atoms with Crippen LogP contribution in [0.15, 0.2) is 42.5 Å². The summed E-state index contributed by atoms with van der Waals surface area (Å²) in [6, 6.07) is 11.6. The van der Waals surface area contributed by atoms with Crippen molar-refractivity contribution in [3.63, 3.8) is 0 Å². The molecule has 0 aliphatic rings. The molecule has 0 amide bonds. The van der Waals surface area contributed by atoms with Crippen LogP contribution in [-0.2, 0) is 5.60 Å². The summed E-state index contributed by atoms with van der Waals surface area (Å²) in [6.07, 6.45) is 0.368. The molecule has 0 saturated heterocycles. The third-order valence-corrected chi connectivity index (χ3v) is 3.89. The van der Waals surface area contributed by atoms with Gasteiger partial charge in [-0.15, -0.1) is 0 Å². The standard InChI is InChI=1S/C16H16ClFO/c1-3-16(19,13-6-4-5-7-15(13)18)12-9-8-11(2)14(17)10-12/h4-10,19H,3H2,1-2H3. The molecule has 0 aliphatic carbocycles. The number of hydrogen-bond donors (Lipinski definition) is 1. The van der Waals surface area contributed by atoms with Crippen LogP contribution >= 0.6 is 11.6 Å².